The van der Waals surface area contributed by atoms with Gasteiger partial charge >= 0.3 is 48.1 Å². The number of carbonyl (C=O) groups is 2. The number of aromatic nitrogens is 9. The largest absolute Gasteiger partial charge is 2.00 e. The number of hydrogen-bond acceptors (Lipinski definition) is 15. The zero-order valence-corrected chi connectivity index (χ0v) is 87.8. The van der Waals surface area contributed by atoms with E-state index in [-0.39, 0.29) is 99.6 Å². The van der Waals surface area contributed by atoms with Gasteiger partial charge in [-0.15, -0.1) is 191 Å². The van der Waals surface area contributed by atoms with Gasteiger partial charge in [-0.3, -0.25) is 34.7 Å². The summed E-state index contributed by atoms with van der Waals surface area (Å²) in [7, 11) is 0. The molecule has 2 N–H and O–H groups in total. The molecule has 23 aromatic rings. The van der Waals surface area contributed by atoms with Crippen LogP contribution in [-0.4, -0.2) is 66.8 Å². The number of ketones is 1. The van der Waals surface area contributed by atoms with Gasteiger partial charge in [-0.1, -0.05) is 245 Å². The Kier molecular flexibility index (Phi) is 36.1. The maximum absolute atomic E-state index is 11.3. The van der Waals surface area contributed by atoms with Crippen LogP contribution in [-0.2, 0) is 93.6 Å². The number of thiophene rings is 2. The molecule has 0 unspecified atom stereocenters. The van der Waals surface area contributed by atoms with E-state index in [1.165, 1.54) is 45.5 Å². The summed E-state index contributed by atoms with van der Waals surface area (Å²) in [5, 5.41) is 26.8. The van der Waals surface area contributed by atoms with E-state index in [0.29, 0.717) is 12.1 Å². The fraction of sp³-hybridized carbons (Fsp3) is 0.0410. The number of hydrogen-bond donors (Lipinski definition) is 2. The molecule has 0 bridgehead atoms. The molecule has 700 valence electrons. The topological polar surface area (TPSA) is 194 Å². The summed E-state index contributed by atoms with van der Waals surface area (Å²) in [5.41, 5.74) is 23.8. The SMILES string of the molecule is CC(=O)C=C(C)O.Cc1ccc(-c2cc(C(=O)O)nc(-c3[c-]cccc3)c2)cc1.Cc1cnc2c3[c-]cccc3c3ccccc3c2n1.[Ir].[Ir].[Pt+2].[Pt+2].[c-]1c(-c2cccc(Cc3cccc(-c4[c-]c5ccccc5s4)n3)n2)sc2ccccc12.[c-]1c(-c2ccccn2)cc(-c2ccccc2)cc1-c1nccc2ccccc12.[c-]1c(-c2ccccn2)cccc1N(c1[c-]c(-c2ccccn2)ccc1)c1ccccc1. The van der Waals surface area contributed by atoms with Crippen LogP contribution in [0.2, 0.25) is 0 Å². The standard InChI is InChI=1S/C28H19N3.C27H16N2S2.C26H17N2.C19H14NO2.C17H11N2.C5H8O2.2Ir.2Pt/c1-2-12-24(13-3-1)31(25-14-8-10-22(20-25)27-16-4-6-18-29-27)26-15-9-11-23(21-26)28-17-5-7-19-30-28;1-3-13-24-18(7-1)15-26(30-24)22-11-5-9-20(28-22)17-21-10-6-12-23(29-21)27-16-19-8-2-4-14-25(19)31-27;1-2-8-19(9-3-1)21-16-22(25-12-6-7-14-27-25)18-23(17-21)26-24-11-5-4-10-20(24)13-15-28-26;1-13-7-9-14(10-8-13)16-11-17(15-5-3-2-4-6-15)20-18(12-16)19(21)22;1-11-10-18-16-14-8-4-2-6-12(14)13-7-3-5-9-15(13)17(16)19-11;1-4(6)3-5(2)7;;;;/h1-19H;1-14H,17H2;1-17H;2-5,7-12H,1H3,(H,21,22);2-7,9-10H,1H3;3,6H,1-2H3;;;;/q2*-2;3*-1;;;;2*+2. The Bertz CT molecular complexity index is 7900. The van der Waals surface area contributed by atoms with Crippen molar-refractivity contribution in [2.45, 2.75) is 34.1 Å². The van der Waals surface area contributed by atoms with Crippen LogP contribution >= 0.6 is 22.7 Å². The number of fused-ring (bicyclic) bond motifs is 9. The Balaban J connectivity index is 0.000000139. The Labute approximate surface area is 888 Å². The molecule has 0 fully saturated rings. The van der Waals surface area contributed by atoms with Gasteiger partial charge in [0, 0.05) is 129 Å². The van der Waals surface area contributed by atoms with E-state index >= 15 is 0 Å². The number of aliphatic hydroxyl groups excluding tert-OH is 1. The second kappa shape index (κ2) is 49.8. The maximum atomic E-state index is 11.3. The molecule has 23 rings (SSSR count). The Morgan fingerprint density at radius 2 is 0.866 bits per heavy atom. The van der Waals surface area contributed by atoms with Gasteiger partial charge in [0.1, 0.15) is 5.69 Å². The molecule has 0 aliphatic carbocycles. The van der Waals surface area contributed by atoms with Crippen LogP contribution in [0.15, 0.2) is 425 Å². The minimum atomic E-state index is -1.04. The summed E-state index contributed by atoms with van der Waals surface area (Å²) < 4.78 is 2.47. The van der Waals surface area contributed by atoms with E-state index in [9.17, 15) is 14.7 Å². The third-order valence-corrected chi connectivity index (χ3v) is 24.4. The summed E-state index contributed by atoms with van der Waals surface area (Å²) in [6.45, 7) is 6.84. The van der Waals surface area contributed by atoms with Crippen molar-refractivity contribution in [3.05, 3.63) is 496 Å². The molecule has 0 spiro atoms. The smallest absolute Gasteiger partial charge is 0.512 e. The Morgan fingerprint density at radius 3 is 1.43 bits per heavy atom. The Morgan fingerprint density at radius 1 is 0.366 bits per heavy atom. The third-order valence-electron chi connectivity index (χ3n) is 22.2. The van der Waals surface area contributed by atoms with Crippen LogP contribution in [0, 0.1) is 56.3 Å². The van der Waals surface area contributed by atoms with Crippen molar-refractivity contribution in [1.82, 2.24) is 44.9 Å². The van der Waals surface area contributed by atoms with Gasteiger partial charge in [-0.05, 0) is 163 Å². The van der Waals surface area contributed by atoms with E-state index in [4.69, 9.17) is 20.1 Å². The first-order chi connectivity index (χ1) is 67.7. The zero-order chi connectivity index (χ0) is 94.5. The number of aromatic carboxylic acids is 1. The molecular weight excluding hydrogens is 2510 g/mol. The molecule has 13 aromatic carbocycles. The summed E-state index contributed by atoms with van der Waals surface area (Å²) >= 11 is 3.46. The van der Waals surface area contributed by atoms with Crippen LogP contribution in [0.25, 0.3) is 163 Å². The van der Waals surface area contributed by atoms with E-state index < -0.39 is 5.97 Å². The number of carboxylic acid groups (broad SMARTS) is 1. The minimum Gasteiger partial charge on any atom is -0.512 e. The van der Waals surface area contributed by atoms with Gasteiger partial charge < -0.3 is 30.1 Å². The molecule has 0 saturated carbocycles. The van der Waals surface area contributed by atoms with Crippen LogP contribution in [0.5, 0.6) is 0 Å². The summed E-state index contributed by atoms with van der Waals surface area (Å²) in [6, 6.07) is 152. The molecule has 10 heterocycles. The quantitative estimate of drug-likeness (QED) is 0.0401. The average Bonchev–Trinajstić information content (AvgIpc) is 0.841. The zero-order valence-electron chi connectivity index (χ0n) is 76.8. The molecule has 142 heavy (non-hydrogen) atoms. The second-order valence-corrected chi connectivity index (χ2v) is 34.3. The van der Waals surface area contributed by atoms with Crippen molar-refractivity contribution in [2.75, 3.05) is 4.90 Å². The van der Waals surface area contributed by atoms with Crippen molar-refractivity contribution in [2.24, 2.45) is 0 Å². The minimum absolute atomic E-state index is 0. The maximum Gasteiger partial charge on any atom is 2.00 e. The fourth-order valence-corrected chi connectivity index (χ4v) is 17.8. The average molecular weight is 2590 g/mol. The van der Waals surface area contributed by atoms with Crippen LogP contribution < -0.4 is 4.90 Å². The number of carbonyl (C=O) groups excluding carboxylic acids is 1. The van der Waals surface area contributed by atoms with Crippen LogP contribution in [0.1, 0.15) is 47.0 Å². The van der Waals surface area contributed by atoms with Crippen LogP contribution in [0.4, 0.5) is 17.1 Å². The first-order valence-electron chi connectivity index (χ1n) is 44.7. The summed E-state index contributed by atoms with van der Waals surface area (Å²) in [5.74, 6) is -1.10. The molecule has 10 aromatic heterocycles. The first kappa shape index (κ1) is 103. The first-order valence-corrected chi connectivity index (χ1v) is 46.3. The number of allylic oxidation sites excluding steroid dienone is 2. The molecule has 0 amide bonds. The summed E-state index contributed by atoms with van der Waals surface area (Å²) in [6.07, 6.45) is 11.0. The number of para-hydroxylation sites is 1. The number of carboxylic acids is 1. The van der Waals surface area contributed by atoms with Gasteiger partial charge in [0.2, 0.25) is 0 Å². The van der Waals surface area contributed by atoms with Gasteiger partial charge in [0.25, 0.3) is 0 Å². The van der Waals surface area contributed by atoms with Gasteiger partial charge in [-0.2, -0.15) is 0 Å². The van der Waals surface area contributed by atoms with E-state index in [0.717, 1.165) is 172 Å². The molecule has 0 saturated heterocycles. The van der Waals surface area contributed by atoms with E-state index in [1.807, 2.05) is 227 Å². The van der Waals surface area contributed by atoms with Gasteiger partial charge in [-0.25, -0.2) is 27.5 Å². The number of aryl methyl sites for hydroxylation is 2. The molecule has 2 radical (unpaired) electrons. The number of aliphatic hydroxyl groups is 1. The number of rotatable bonds is 16. The number of anilines is 3. The number of nitrogens with zero attached hydrogens (tertiary/aromatic N) is 10. The van der Waals surface area contributed by atoms with Crippen molar-refractivity contribution in [1.29, 1.82) is 0 Å². The molecule has 0 aliphatic rings. The van der Waals surface area contributed by atoms with Crippen molar-refractivity contribution in [3.8, 4) is 99.7 Å². The number of benzene rings is 13. The molecular formula is C122H85Ir2N10O4Pt2S2-3. The van der Waals surface area contributed by atoms with E-state index in [1.54, 1.807) is 47.2 Å². The monoisotopic (exact) mass is 2590 g/mol. The molecule has 0 atom stereocenters. The van der Waals surface area contributed by atoms with Gasteiger partial charge in [0.15, 0.2) is 5.78 Å². The Hall–Kier alpha value is -14.9. The second-order valence-electron chi connectivity index (χ2n) is 32.2. The normalized spacial score (nSPS) is 10.6. The van der Waals surface area contributed by atoms with Crippen molar-refractivity contribution >= 4 is 115 Å². The fourth-order valence-electron chi connectivity index (χ4n) is 15.8. The van der Waals surface area contributed by atoms with Crippen molar-refractivity contribution in [3.63, 3.8) is 0 Å². The molecule has 14 nitrogen and oxygen atoms in total. The predicted molar refractivity (Wildman–Crippen MR) is 561 cm³/mol. The molecule has 0 aliphatic heterocycles. The van der Waals surface area contributed by atoms with Gasteiger partial charge in [0.05, 0.1) is 17.0 Å². The van der Waals surface area contributed by atoms with Crippen molar-refractivity contribution < 1.29 is 102 Å². The number of pyridine rings is 7. The third kappa shape index (κ3) is 25.8. The molecule has 20 heteroatoms. The summed E-state index contributed by atoms with van der Waals surface area (Å²) in [4.78, 5) is 67.1. The predicted octanol–water partition coefficient (Wildman–Crippen LogP) is 30.0. The van der Waals surface area contributed by atoms with Crippen LogP contribution in [0.3, 0.4) is 0 Å². The van der Waals surface area contributed by atoms with E-state index in [2.05, 4.69) is 253 Å².